The molecule has 0 spiro atoms. The van der Waals surface area contributed by atoms with Gasteiger partial charge in [-0.2, -0.15) is 0 Å². The number of hydrogen-bond donors (Lipinski definition) is 1. The van der Waals surface area contributed by atoms with Crippen LogP contribution in [-0.4, -0.2) is 20.3 Å². The molecule has 0 aliphatic rings. The Labute approximate surface area is 110 Å². The van der Waals surface area contributed by atoms with Crippen molar-refractivity contribution in [1.82, 2.24) is 5.32 Å². The third-order valence-corrected chi connectivity index (χ3v) is 3.37. The first-order chi connectivity index (χ1) is 8.65. The smallest absolute Gasteiger partial charge is 0.123 e. The molecule has 1 atom stereocenters. The van der Waals surface area contributed by atoms with Gasteiger partial charge in [0.15, 0.2) is 0 Å². The number of benzene rings is 1. The van der Waals surface area contributed by atoms with E-state index in [4.69, 9.17) is 9.47 Å². The molecule has 1 aromatic carbocycles. The fourth-order valence-corrected chi connectivity index (χ4v) is 2.15. The highest BCUT2D eigenvalue weighted by atomic mass is 16.5. The minimum absolute atomic E-state index is 0.250. The summed E-state index contributed by atoms with van der Waals surface area (Å²) in [7, 11) is 3.39. The fraction of sp³-hybridized carbons (Fsp3) is 0.600. The molecule has 1 N–H and O–H groups in total. The monoisotopic (exact) mass is 251 g/mol. The van der Waals surface area contributed by atoms with Gasteiger partial charge in [-0.3, -0.25) is 0 Å². The van der Waals surface area contributed by atoms with Crippen molar-refractivity contribution in [3.8, 4) is 11.5 Å². The highest BCUT2D eigenvalue weighted by Crippen LogP contribution is 2.29. The zero-order valence-electron chi connectivity index (χ0n) is 12.1. The maximum Gasteiger partial charge on any atom is 0.123 e. The number of rotatable bonds is 7. The maximum absolute atomic E-state index is 5.42. The molecule has 3 nitrogen and oxygen atoms in total. The Morgan fingerprint density at radius 2 is 1.78 bits per heavy atom. The van der Waals surface area contributed by atoms with Crippen LogP contribution in [0.1, 0.15) is 45.2 Å². The van der Waals surface area contributed by atoms with Crippen molar-refractivity contribution in [2.24, 2.45) is 0 Å². The van der Waals surface area contributed by atoms with Crippen LogP contribution in [0.2, 0.25) is 0 Å². The van der Waals surface area contributed by atoms with Gasteiger partial charge in [0.2, 0.25) is 0 Å². The SMILES string of the molecule is CCC(CC)NC(C)c1cc(OC)ccc1OC. The fourth-order valence-electron chi connectivity index (χ4n) is 2.15. The molecule has 0 heterocycles. The molecule has 102 valence electrons. The first-order valence-electron chi connectivity index (χ1n) is 6.64. The van der Waals surface area contributed by atoms with E-state index in [2.05, 4.69) is 26.1 Å². The molecule has 3 heteroatoms. The van der Waals surface area contributed by atoms with E-state index >= 15 is 0 Å². The lowest BCUT2D eigenvalue weighted by atomic mass is 10.0. The minimum atomic E-state index is 0.250. The summed E-state index contributed by atoms with van der Waals surface area (Å²) in [5.41, 5.74) is 1.14. The molecule has 0 aliphatic heterocycles. The van der Waals surface area contributed by atoms with Gasteiger partial charge in [-0.05, 0) is 38.0 Å². The van der Waals surface area contributed by atoms with Gasteiger partial charge in [0.05, 0.1) is 14.2 Å². The second-order valence-electron chi connectivity index (χ2n) is 4.51. The highest BCUT2D eigenvalue weighted by Gasteiger charge is 2.15. The second kappa shape index (κ2) is 7.27. The van der Waals surface area contributed by atoms with E-state index in [0.717, 1.165) is 29.9 Å². The largest absolute Gasteiger partial charge is 0.497 e. The van der Waals surface area contributed by atoms with Gasteiger partial charge < -0.3 is 14.8 Å². The molecule has 0 saturated heterocycles. The summed E-state index contributed by atoms with van der Waals surface area (Å²) < 4.78 is 10.7. The predicted molar refractivity (Wildman–Crippen MR) is 75.5 cm³/mol. The molecular formula is C15H25NO2. The van der Waals surface area contributed by atoms with Gasteiger partial charge in [-0.25, -0.2) is 0 Å². The summed E-state index contributed by atoms with van der Waals surface area (Å²) in [6.07, 6.45) is 2.26. The summed E-state index contributed by atoms with van der Waals surface area (Å²) in [6, 6.07) is 6.71. The summed E-state index contributed by atoms with van der Waals surface area (Å²) in [4.78, 5) is 0. The van der Waals surface area contributed by atoms with Crippen LogP contribution in [0.3, 0.4) is 0 Å². The van der Waals surface area contributed by atoms with Crippen LogP contribution >= 0.6 is 0 Å². The first kappa shape index (κ1) is 14.8. The lowest BCUT2D eigenvalue weighted by Crippen LogP contribution is -2.30. The Morgan fingerprint density at radius 3 is 2.28 bits per heavy atom. The number of hydrogen-bond acceptors (Lipinski definition) is 3. The molecule has 1 rings (SSSR count). The van der Waals surface area contributed by atoms with Crippen molar-refractivity contribution in [3.05, 3.63) is 23.8 Å². The molecule has 1 unspecified atom stereocenters. The highest BCUT2D eigenvalue weighted by molar-refractivity contribution is 5.42. The number of nitrogens with one attached hydrogen (secondary N) is 1. The van der Waals surface area contributed by atoms with Crippen LogP contribution in [0.4, 0.5) is 0 Å². The Hall–Kier alpha value is -1.22. The molecular weight excluding hydrogens is 226 g/mol. The van der Waals surface area contributed by atoms with Crippen LogP contribution in [0.5, 0.6) is 11.5 Å². The molecule has 18 heavy (non-hydrogen) atoms. The quantitative estimate of drug-likeness (QED) is 0.804. The van der Waals surface area contributed by atoms with Crippen molar-refractivity contribution >= 4 is 0 Å². The zero-order valence-corrected chi connectivity index (χ0v) is 12.1. The predicted octanol–water partition coefficient (Wildman–Crippen LogP) is 3.54. The standard InChI is InChI=1S/C15H25NO2/c1-6-12(7-2)16-11(3)14-10-13(17-4)8-9-15(14)18-5/h8-12,16H,6-7H2,1-5H3. The summed E-state index contributed by atoms with van der Waals surface area (Å²) in [5, 5.41) is 3.62. The van der Waals surface area contributed by atoms with Gasteiger partial charge >= 0.3 is 0 Å². The van der Waals surface area contributed by atoms with E-state index in [1.165, 1.54) is 0 Å². The molecule has 0 aliphatic carbocycles. The normalized spacial score (nSPS) is 12.6. The van der Waals surface area contributed by atoms with Crippen molar-refractivity contribution in [1.29, 1.82) is 0 Å². The van der Waals surface area contributed by atoms with Crippen molar-refractivity contribution < 1.29 is 9.47 Å². The van der Waals surface area contributed by atoms with Crippen molar-refractivity contribution in [2.75, 3.05) is 14.2 Å². The van der Waals surface area contributed by atoms with Crippen molar-refractivity contribution in [2.45, 2.75) is 45.7 Å². The Morgan fingerprint density at radius 1 is 1.11 bits per heavy atom. The third-order valence-electron chi connectivity index (χ3n) is 3.37. The van der Waals surface area contributed by atoms with Gasteiger partial charge in [-0.1, -0.05) is 13.8 Å². The van der Waals surface area contributed by atoms with Gasteiger partial charge in [-0.15, -0.1) is 0 Å². The molecule has 0 aromatic heterocycles. The second-order valence-corrected chi connectivity index (χ2v) is 4.51. The van der Waals surface area contributed by atoms with Crippen LogP contribution < -0.4 is 14.8 Å². The van der Waals surface area contributed by atoms with E-state index in [0.29, 0.717) is 6.04 Å². The van der Waals surface area contributed by atoms with Gasteiger partial charge in [0.25, 0.3) is 0 Å². The van der Waals surface area contributed by atoms with E-state index in [9.17, 15) is 0 Å². The molecule has 0 amide bonds. The minimum Gasteiger partial charge on any atom is -0.497 e. The van der Waals surface area contributed by atoms with E-state index < -0.39 is 0 Å². The van der Waals surface area contributed by atoms with E-state index in [1.54, 1.807) is 14.2 Å². The number of ether oxygens (including phenoxy) is 2. The van der Waals surface area contributed by atoms with Crippen molar-refractivity contribution in [3.63, 3.8) is 0 Å². The average Bonchev–Trinajstić information content (AvgIpc) is 2.43. The molecule has 0 bridgehead atoms. The Kier molecular flexibility index (Phi) is 5.99. The van der Waals surface area contributed by atoms with Crippen LogP contribution in [0.15, 0.2) is 18.2 Å². The third kappa shape index (κ3) is 3.64. The zero-order chi connectivity index (χ0) is 13.5. The number of methoxy groups -OCH3 is 2. The van der Waals surface area contributed by atoms with E-state index in [-0.39, 0.29) is 6.04 Å². The molecule has 1 aromatic rings. The van der Waals surface area contributed by atoms with Crippen LogP contribution in [-0.2, 0) is 0 Å². The first-order valence-corrected chi connectivity index (χ1v) is 6.64. The molecule has 0 fully saturated rings. The lowest BCUT2D eigenvalue weighted by molar-refractivity contribution is 0.380. The lowest BCUT2D eigenvalue weighted by Gasteiger charge is -2.23. The van der Waals surface area contributed by atoms with Crippen LogP contribution in [0, 0.1) is 0 Å². The molecule has 0 saturated carbocycles. The Bertz CT molecular complexity index is 362. The topological polar surface area (TPSA) is 30.5 Å². The summed E-state index contributed by atoms with van der Waals surface area (Å²) in [5.74, 6) is 1.77. The molecule has 0 radical (unpaired) electrons. The maximum atomic E-state index is 5.42. The average molecular weight is 251 g/mol. The van der Waals surface area contributed by atoms with Crippen LogP contribution in [0.25, 0.3) is 0 Å². The summed E-state index contributed by atoms with van der Waals surface area (Å²) in [6.45, 7) is 6.57. The van der Waals surface area contributed by atoms with E-state index in [1.807, 2.05) is 18.2 Å². The van der Waals surface area contributed by atoms with Gasteiger partial charge in [0, 0.05) is 17.6 Å². The Balaban J connectivity index is 2.91. The van der Waals surface area contributed by atoms with Gasteiger partial charge in [0.1, 0.15) is 11.5 Å². The summed E-state index contributed by atoms with van der Waals surface area (Å²) >= 11 is 0.